The van der Waals surface area contributed by atoms with E-state index in [0.717, 1.165) is 0 Å². The molecule has 0 unspecified atom stereocenters. The standard InChI is InChI=1S/C22H18IN.C6H12.C2H6/c1-13-8-10-18-15(12-13)21-19(24(18)23)11-9-17-20(21)14-6-4-5-7-16(14)22(17,2)3;1-3-5-6-4-2;1-2/h4-12H,1-3H3;3,5H,4,6H2,1-2H3;1-2H3/b;5-3-;. The van der Waals surface area contributed by atoms with Crippen molar-refractivity contribution in [3.8, 4) is 11.1 Å². The van der Waals surface area contributed by atoms with Crippen LogP contribution in [0.5, 0.6) is 0 Å². The second-order valence-corrected chi connectivity index (χ2v) is 9.68. The van der Waals surface area contributed by atoms with Crippen molar-refractivity contribution in [1.29, 1.82) is 0 Å². The van der Waals surface area contributed by atoms with Crippen molar-refractivity contribution >= 4 is 44.7 Å². The average Bonchev–Trinajstić information content (AvgIpc) is 3.22. The Bertz CT molecular complexity index is 1260. The molecule has 0 radical (unpaired) electrons. The molecule has 0 bridgehead atoms. The Morgan fingerprint density at radius 1 is 0.938 bits per heavy atom. The summed E-state index contributed by atoms with van der Waals surface area (Å²) in [6, 6.07) is 20.3. The normalized spacial score (nSPS) is 13.4. The highest BCUT2D eigenvalue weighted by molar-refractivity contribution is 14.1. The fourth-order valence-corrected chi connectivity index (χ4v) is 5.53. The number of fused-ring (bicyclic) bond motifs is 7. The van der Waals surface area contributed by atoms with E-state index in [1.165, 1.54) is 62.5 Å². The zero-order valence-corrected chi connectivity index (χ0v) is 22.7. The lowest BCUT2D eigenvalue weighted by Crippen LogP contribution is -2.14. The zero-order valence-electron chi connectivity index (χ0n) is 20.6. The summed E-state index contributed by atoms with van der Waals surface area (Å²) in [6.07, 6.45) is 6.77. The van der Waals surface area contributed by atoms with E-state index in [1.54, 1.807) is 0 Å². The van der Waals surface area contributed by atoms with E-state index < -0.39 is 0 Å². The van der Waals surface area contributed by atoms with Crippen LogP contribution in [0.1, 0.15) is 71.1 Å². The summed E-state index contributed by atoms with van der Waals surface area (Å²) in [5, 5.41) is 2.77. The van der Waals surface area contributed by atoms with Gasteiger partial charge in [0.15, 0.2) is 0 Å². The number of hydrogen-bond acceptors (Lipinski definition) is 0. The molecule has 2 heteroatoms. The lowest BCUT2D eigenvalue weighted by Gasteiger charge is -2.21. The van der Waals surface area contributed by atoms with Crippen LogP contribution in [0.25, 0.3) is 32.9 Å². The van der Waals surface area contributed by atoms with Gasteiger partial charge in [0.25, 0.3) is 0 Å². The molecule has 1 aliphatic carbocycles. The molecule has 1 aliphatic rings. The molecule has 0 fully saturated rings. The Morgan fingerprint density at radius 2 is 1.62 bits per heavy atom. The number of allylic oxidation sites excluding steroid dienone is 2. The maximum Gasteiger partial charge on any atom is 0.0646 e. The summed E-state index contributed by atoms with van der Waals surface area (Å²) >= 11 is 2.43. The van der Waals surface area contributed by atoms with Gasteiger partial charge in [-0.1, -0.05) is 95.2 Å². The molecule has 0 aliphatic heterocycles. The SMILES string of the molecule is C/C=C\CCC.CC.Cc1ccc2c(c1)c1c3c(ccc1n2I)C(C)(C)c1ccccc1-3. The number of hydrogen-bond donors (Lipinski definition) is 0. The van der Waals surface area contributed by atoms with Gasteiger partial charge in [-0.2, -0.15) is 0 Å². The second kappa shape index (κ2) is 10.2. The van der Waals surface area contributed by atoms with Crippen LogP contribution in [0.4, 0.5) is 0 Å². The fourth-order valence-electron chi connectivity index (χ4n) is 4.70. The molecule has 0 saturated carbocycles. The Hall–Kier alpha value is -2.07. The van der Waals surface area contributed by atoms with Gasteiger partial charge < -0.3 is 0 Å². The monoisotopic (exact) mass is 537 g/mol. The third-order valence-electron chi connectivity index (χ3n) is 6.26. The van der Waals surface area contributed by atoms with Crippen LogP contribution < -0.4 is 0 Å². The largest absolute Gasteiger partial charge is 0.282 e. The van der Waals surface area contributed by atoms with Crippen molar-refractivity contribution in [2.45, 2.75) is 66.7 Å². The number of benzene rings is 3. The first-order valence-corrected chi connectivity index (χ1v) is 12.8. The van der Waals surface area contributed by atoms with Crippen molar-refractivity contribution < 1.29 is 0 Å². The van der Waals surface area contributed by atoms with E-state index in [1.807, 2.05) is 13.8 Å². The summed E-state index contributed by atoms with van der Waals surface area (Å²) in [7, 11) is 0. The molecular formula is C30H36IN. The zero-order chi connectivity index (χ0) is 23.5. The lowest BCUT2D eigenvalue weighted by molar-refractivity contribution is 0.661. The Balaban J connectivity index is 0.000000317. The first-order chi connectivity index (χ1) is 15.4. The van der Waals surface area contributed by atoms with Crippen molar-refractivity contribution in [2.24, 2.45) is 0 Å². The molecule has 0 saturated heterocycles. The molecule has 0 spiro atoms. The number of unbranched alkanes of at least 4 members (excludes halogenated alkanes) is 1. The van der Waals surface area contributed by atoms with Crippen LogP contribution in [0.3, 0.4) is 0 Å². The van der Waals surface area contributed by atoms with Crippen LogP contribution in [0.2, 0.25) is 0 Å². The summed E-state index contributed by atoms with van der Waals surface area (Å²) in [4.78, 5) is 0. The maximum atomic E-state index is 2.43. The summed E-state index contributed by atoms with van der Waals surface area (Å²) in [5.41, 5.74) is 9.69. The van der Waals surface area contributed by atoms with Gasteiger partial charge in [-0.05, 0) is 60.7 Å². The average molecular weight is 538 g/mol. The van der Waals surface area contributed by atoms with E-state index in [2.05, 4.69) is 127 Å². The van der Waals surface area contributed by atoms with Gasteiger partial charge in [-0.3, -0.25) is 2.78 Å². The second-order valence-electron chi connectivity index (χ2n) is 8.71. The maximum absolute atomic E-state index is 2.43. The molecule has 1 aromatic heterocycles. The highest BCUT2D eigenvalue weighted by Crippen LogP contribution is 2.52. The molecule has 0 amide bonds. The third kappa shape index (κ3) is 4.14. The molecule has 5 rings (SSSR count). The van der Waals surface area contributed by atoms with Gasteiger partial charge in [0, 0.05) is 16.2 Å². The van der Waals surface area contributed by atoms with Gasteiger partial charge >= 0.3 is 0 Å². The lowest BCUT2D eigenvalue weighted by atomic mass is 9.82. The number of nitrogens with zero attached hydrogens (tertiary/aromatic N) is 1. The van der Waals surface area contributed by atoms with Gasteiger partial charge in [0.1, 0.15) is 0 Å². The molecule has 1 nitrogen and oxygen atoms in total. The predicted octanol–water partition coefficient (Wildman–Crippen LogP) is 10.00. The van der Waals surface area contributed by atoms with E-state index in [0.29, 0.717) is 0 Å². The first kappa shape index (κ1) is 24.6. The van der Waals surface area contributed by atoms with Crippen LogP contribution in [0, 0.1) is 6.92 Å². The van der Waals surface area contributed by atoms with Crippen LogP contribution in [-0.2, 0) is 5.41 Å². The molecule has 4 aromatic rings. The van der Waals surface area contributed by atoms with Crippen molar-refractivity contribution in [2.75, 3.05) is 0 Å². The van der Waals surface area contributed by atoms with Gasteiger partial charge in [-0.25, -0.2) is 0 Å². The number of halogens is 1. The predicted molar refractivity (Wildman–Crippen MR) is 152 cm³/mol. The molecule has 32 heavy (non-hydrogen) atoms. The van der Waals surface area contributed by atoms with E-state index >= 15 is 0 Å². The number of rotatable bonds is 2. The Kier molecular flexibility index (Phi) is 7.87. The topological polar surface area (TPSA) is 4.93 Å². The highest BCUT2D eigenvalue weighted by Gasteiger charge is 2.36. The van der Waals surface area contributed by atoms with Crippen molar-refractivity contribution in [3.63, 3.8) is 0 Å². The van der Waals surface area contributed by atoms with E-state index in [9.17, 15) is 0 Å². The highest BCUT2D eigenvalue weighted by atomic mass is 127. The van der Waals surface area contributed by atoms with Gasteiger partial charge in [0.2, 0.25) is 0 Å². The Morgan fingerprint density at radius 3 is 2.28 bits per heavy atom. The first-order valence-electron chi connectivity index (χ1n) is 11.9. The van der Waals surface area contributed by atoms with E-state index in [4.69, 9.17) is 0 Å². The molecule has 0 atom stereocenters. The quantitative estimate of drug-likeness (QED) is 0.177. The molecular weight excluding hydrogens is 501 g/mol. The minimum absolute atomic E-state index is 0.0592. The molecule has 1 heterocycles. The molecule has 168 valence electrons. The van der Waals surface area contributed by atoms with Crippen LogP contribution >= 0.6 is 22.9 Å². The smallest absolute Gasteiger partial charge is 0.0646 e. The van der Waals surface area contributed by atoms with Crippen molar-refractivity contribution in [1.82, 2.24) is 2.78 Å². The fraction of sp³-hybridized carbons (Fsp3) is 0.333. The minimum atomic E-state index is 0.0592. The Labute approximate surface area is 208 Å². The molecule has 3 aromatic carbocycles. The minimum Gasteiger partial charge on any atom is -0.282 e. The van der Waals surface area contributed by atoms with Crippen molar-refractivity contribution in [3.05, 3.63) is 83.4 Å². The van der Waals surface area contributed by atoms with Crippen LogP contribution in [0.15, 0.2) is 66.7 Å². The van der Waals surface area contributed by atoms with Gasteiger partial charge in [-0.15, -0.1) is 0 Å². The molecule has 0 N–H and O–H groups in total. The number of aromatic nitrogens is 1. The van der Waals surface area contributed by atoms with Crippen LogP contribution in [-0.4, -0.2) is 2.78 Å². The third-order valence-corrected chi connectivity index (χ3v) is 7.30. The number of aryl methyl sites for hydroxylation is 1. The summed E-state index contributed by atoms with van der Waals surface area (Å²) in [5.74, 6) is 0. The van der Waals surface area contributed by atoms with E-state index in [-0.39, 0.29) is 5.41 Å². The van der Waals surface area contributed by atoms with Gasteiger partial charge in [0.05, 0.1) is 33.9 Å². The summed E-state index contributed by atoms with van der Waals surface area (Å²) < 4.78 is 2.30. The summed E-state index contributed by atoms with van der Waals surface area (Å²) in [6.45, 7) is 15.1.